The van der Waals surface area contributed by atoms with E-state index in [9.17, 15) is 4.79 Å². The quantitative estimate of drug-likeness (QED) is 0.681. The van der Waals surface area contributed by atoms with E-state index in [-0.39, 0.29) is 11.3 Å². The number of hydrogen-bond acceptors (Lipinski definition) is 4. The number of anilines is 3. The van der Waals surface area contributed by atoms with Crippen molar-refractivity contribution in [2.75, 3.05) is 10.6 Å². The molecule has 27 heavy (non-hydrogen) atoms. The van der Waals surface area contributed by atoms with Gasteiger partial charge in [0, 0.05) is 16.9 Å². The molecule has 2 N–H and O–H groups in total. The van der Waals surface area contributed by atoms with E-state index in [0.29, 0.717) is 11.4 Å². The van der Waals surface area contributed by atoms with Crippen molar-refractivity contribution in [1.29, 1.82) is 0 Å². The van der Waals surface area contributed by atoms with E-state index in [1.54, 1.807) is 0 Å². The van der Waals surface area contributed by atoms with E-state index in [2.05, 4.69) is 41.6 Å². The molecule has 0 aliphatic carbocycles. The molecule has 0 saturated carbocycles. The Hall–Kier alpha value is -3.21. The Kier molecular flexibility index (Phi) is 5.21. The van der Waals surface area contributed by atoms with Gasteiger partial charge >= 0.3 is 0 Å². The Morgan fingerprint density at radius 3 is 2.00 bits per heavy atom. The number of aryl methyl sites for hydroxylation is 1. The number of amides is 1. The third-order valence-corrected chi connectivity index (χ3v) is 4.23. The van der Waals surface area contributed by atoms with Gasteiger partial charge in [-0.3, -0.25) is 4.79 Å². The molecule has 0 bridgehead atoms. The Morgan fingerprint density at radius 1 is 0.815 bits per heavy atom. The van der Waals surface area contributed by atoms with Gasteiger partial charge in [-0.05, 0) is 66.4 Å². The van der Waals surface area contributed by atoms with Gasteiger partial charge in [0.2, 0.25) is 0 Å². The topological polar surface area (TPSA) is 66.9 Å². The number of carbonyl (C=O) groups is 1. The van der Waals surface area contributed by atoms with Crippen molar-refractivity contribution in [3.8, 4) is 0 Å². The molecule has 138 valence electrons. The number of benzene rings is 2. The smallest absolute Gasteiger partial charge is 0.255 e. The fourth-order valence-electron chi connectivity index (χ4n) is 2.58. The maximum absolute atomic E-state index is 12.4. The van der Waals surface area contributed by atoms with E-state index >= 15 is 0 Å². The minimum absolute atomic E-state index is 0.0691. The van der Waals surface area contributed by atoms with Crippen LogP contribution in [-0.2, 0) is 5.41 Å². The number of hydrogen-bond donors (Lipinski definition) is 2. The van der Waals surface area contributed by atoms with E-state index in [4.69, 9.17) is 0 Å². The minimum Gasteiger partial charge on any atom is -0.339 e. The van der Waals surface area contributed by atoms with Crippen LogP contribution >= 0.6 is 0 Å². The van der Waals surface area contributed by atoms with Crippen LogP contribution in [0.1, 0.15) is 42.4 Å². The Bertz CT molecular complexity index is 909. The van der Waals surface area contributed by atoms with Gasteiger partial charge in [-0.1, -0.05) is 32.9 Å². The number of carbonyl (C=O) groups excluding carboxylic acids is 1. The van der Waals surface area contributed by atoms with E-state index in [0.717, 1.165) is 17.1 Å². The highest BCUT2D eigenvalue weighted by Crippen LogP contribution is 2.23. The molecule has 3 aromatic rings. The molecule has 1 heterocycles. The summed E-state index contributed by atoms with van der Waals surface area (Å²) in [6, 6.07) is 19.0. The first-order valence-electron chi connectivity index (χ1n) is 8.90. The maximum atomic E-state index is 12.4. The summed E-state index contributed by atoms with van der Waals surface area (Å²) in [5, 5.41) is 14.2. The van der Waals surface area contributed by atoms with Gasteiger partial charge in [-0.25, -0.2) is 0 Å². The van der Waals surface area contributed by atoms with Crippen LogP contribution in [0.15, 0.2) is 60.7 Å². The van der Waals surface area contributed by atoms with E-state index < -0.39 is 0 Å². The first-order chi connectivity index (χ1) is 12.8. The molecular weight excluding hydrogens is 336 g/mol. The van der Waals surface area contributed by atoms with Gasteiger partial charge in [0.1, 0.15) is 0 Å². The summed E-state index contributed by atoms with van der Waals surface area (Å²) in [6.45, 7) is 8.35. The fraction of sp³-hybridized carbons (Fsp3) is 0.227. The molecule has 1 amide bonds. The van der Waals surface area contributed by atoms with Crippen LogP contribution in [0.2, 0.25) is 0 Å². The van der Waals surface area contributed by atoms with E-state index in [1.165, 1.54) is 5.56 Å². The average molecular weight is 360 g/mol. The Labute approximate surface area is 159 Å². The molecule has 0 spiro atoms. The lowest BCUT2D eigenvalue weighted by atomic mass is 9.87. The van der Waals surface area contributed by atoms with Crippen molar-refractivity contribution in [2.24, 2.45) is 0 Å². The van der Waals surface area contributed by atoms with Crippen LogP contribution in [0, 0.1) is 6.92 Å². The monoisotopic (exact) mass is 360 g/mol. The zero-order valence-corrected chi connectivity index (χ0v) is 16.1. The highest BCUT2D eigenvalue weighted by molar-refractivity contribution is 6.04. The van der Waals surface area contributed by atoms with Crippen LogP contribution in [0.4, 0.5) is 17.2 Å². The molecular formula is C22H24N4O. The number of nitrogens with zero attached hydrogens (tertiary/aromatic N) is 2. The van der Waals surface area contributed by atoms with Crippen molar-refractivity contribution in [2.45, 2.75) is 33.1 Å². The van der Waals surface area contributed by atoms with Gasteiger partial charge in [-0.15, -0.1) is 5.10 Å². The molecule has 0 atom stereocenters. The third-order valence-electron chi connectivity index (χ3n) is 4.23. The molecule has 0 unspecified atom stereocenters. The summed E-state index contributed by atoms with van der Waals surface area (Å²) >= 11 is 0. The summed E-state index contributed by atoms with van der Waals surface area (Å²) in [5.74, 6) is 0.553. The summed E-state index contributed by atoms with van der Waals surface area (Å²) in [4.78, 5) is 12.4. The van der Waals surface area contributed by atoms with Crippen LogP contribution in [0.5, 0.6) is 0 Å². The SMILES string of the molecule is Cc1ccc(Nc2ccc(NC(=O)c3ccc(C(C)(C)C)cc3)cc2)nn1. The molecule has 0 radical (unpaired) electrons. The van der Waals surface area contributed by atoms with E-state index in [1.807, 2.05) is 67.6 Å². The van der Waals surface area contributed by atoms with Crippen molar-refractivity contribution in [1.82, 2.24) is 10.2 Å². The molecule has 0 fully saturated rings. The average Bonchev–Trinajstić information content (AvgIpc) is 2.64. The molecule has 5 nitrogen and oxygen atoms in total. The number of rotatable bonds is 4. The van der Waals surface area contributed by atoms with Crippen LogP contribution in [-0.4, -0.2) is 16.1 Å². The largest absolute Gasteiger partial charge is 0.339 e. The number of aromatic nitrogens is 2. The highest BCUT2D eigenvalue weighted by Gasteiger charge is 2.14. The molecule has 0 aliphatic rings. The lowest BCUT2D eigenvalue weighted by Gasteiger charge is -2.19. The van der Waals surface area contributed by atoms with Gasteiger partial charge < -0.3 is 10.6 Å². The van der Waals surface area contributed by atoms with Crippen LogP contribution in [0.3, 0.4) is 0 Å². The second kappa shape index (κ2) is 7.58. The van der Waals surface area contributed by atoms with Crippen LogP contribution < -0.4 is 10.6 Å². The molecule has 0 saturated heterocycles. The van der Waals surface area contributed by atoms with Crippen molar-refractivity contribution >= 4 is 23.1 Å². The normalized spacial score (nSPS) is 11.1. The summed E-state index contributed by atoms with van der Waals surface area (Å²) in [6.07, 6.45) is 0. The Morgan fingerprint density at radius 2 is 1.44 bits per heavy atom. The van der Waals surface area contributed by atoms with Crippen molar-refractivity contribution in [3.63, 3.8) is 0 Å². The number of nitrogens with one attached hydrogen (secondary N) is 2. The summed E-state index contributed by atoms with van der Waals surface area (Å²) in [5.41, 5.74) is 4.39. The van der Waals surface area contributed by atoms with Gasteiger partial charge in [0.15, 0.2) is 5.82 Å². The second-order valence-corrected chi connectivity index (χ2v) is 7.54. The molecule has 3 rings (SSSR count). The zero-order chi connectivity index (χ0) is 19.4. The Balaban J connectivity index is 1.63. The predicted octanol–water partition coefficient (Wildman–Crippen LogP) is 5.08. The van der Waals surface area contributed by atoms with Crippen LogP contribution in [0.25, 0.3) is 0 Å². The molecule has 5 heteroatoms. The predicted molar refractivity (Wildman–Crippen MR) is 110 cm³/mol. The van der Waals surface area contributed by atoms with Gasteiger partial charge in [0.25, 0.3) is 5.91 Å². The first-order valence-corrected chi connectivity index (χ1v) is 8.90. The zero-order valence-electron chi connectivity index (χ0n) is 16.1. The van der Waals surface area contributed by atoms with Crippen molar-refractivity contribution in [3.05, 3.63) is 77.5 Å². The van der Waals surface area contributed by atoms with Gasteiger partial charge in [-0.2, -0.15) is 5.10 Å². The lowest BCUT2D eigenvalue weighted by molar-refractivity contribution is 0.102. The molecule has 2 aromatic carbocycles. The first kappa shape index (κ1) is 18.6. The summed E-state index contributed by atoms with van der Waals surface area (Å²) < 4.78 is 0. The minimum atomic E-state index is -0.124. The standard InChI is InChI=1S/C22H24N4O/c1-15-5-14-20(26-25-15)23-18-10-12-19(13-11-18)24-21(27)16-6-8-17(9-7-16)22(2,3)4/h5-14H,1-4H3,(H,23,26)(H,24,27). The molecule has 1 aromatic heterocycles. The highest BCUT2D eigenvalue weighted by atomic mass is 16.1. The van der Waals surface area contributed by atoms with Crippen molar-refractivity contribution < 1.29 is 4.79 Å². The van der Waals surface area contributed by atoms with Gasteiger partial charge in [0.05, 0.1) is 5.69 Å². The maximum Gasteiger partial charge on any atom is 0.255 e. The fourth-order valence-corrected chi connectivity index (χ4v) is 2.58. The summed E-state index contributed by atoms with van der Waals surface area (Å²) in [7, 11) is 0. The lowest BCUT2D eigenvalue weighted by Crippen LogP contribution is -2.14. The second-order valence-electron chi connectivity index (χ2n) is 7.54. The molecule has 0 aliphatic heterocycles. The third kappa shape index (κ3) is 4.91.